The third-order valence-corrected chi connectivity index (χ3v) is 5.62. The SMILES string of the molecule is Cc1ccc([S+]([O-])c2ccc(N3CCNCC3)cc2)c(C)c1. The maximum Gasteiger partial charge on any atom is 0.161 e. The van der Waals surface area contributed by atoms with Crippen LogP contribution in [-0.2, 0) is 11.2 Å². The molecule has 4 heteroatoms. The average molecular weight is 314 g/mol. The molecule has 1 saturated heterocycles. The molecule has 0 aromatic heterocycles. The van der Waals surface area contributed by atoms with Crippen LogP contribution in [-0.4, -0.2) is 30.7 Å². The molecule has 3 rings (SSSR count). The zero-order valence-corrected chi connectivity index (χ0v) is 14.0. The first-order valence-electron chi connectivity index (χ1n) is 7.70. The highest BCUT2D eigenvalue weighted by Crippen LogP contribution is 2.26. The van der Waals surface area contributed by atoms with Crippen molar-refractivity contribution in [2.45, 2.75) is 23.6 Å². The van der Waals surface area contributed by atoms with E-state index in [2.05, 4.69) is 35.3 Å². The summed E-state index contributed by atoms with van der Waals surface area (Å²) < 4.78 is 12.8. The van der Waals surface area contributed by atoms with E-state index in [4.69, 9.17) is 0 Å². The van der Waals surface area contributed by atoms with Crippen molar-refractivity contribution >= 4 is 16.9 Å². The number of nitrogens with zero attached hydrogens (tertiary/aromatic N) is 1. The number of hydrogen-bond acceptors (Lipinski definition) is 3. The molecule has 3 nitrogen and oxygen atoms in total. The molecule has 1 atom stereocenters. The van der Waals surface area contributed by atoms with Gasteiger partial charge in [0, 0.05) is 48.6 Å². The molecule has 1 N–H and O–H groups in total. The van der Waals surface area contributed by atoms with Crippen LogP contribution in [0.15, 0.2) is 52.3 Å². The standard InChI is InChI=1S/C18H22N2OS/c1-14-3-8-18(15(2)13-14)22(21)17-6-4-16(5-7-17)20-11-9-19-10-12-20/h3-8,13,19H,9-12H2,1-2H3. The predicted molar refractivity (Wildman–Crippen MR) is 92.1 cm³/mol. The first kappa shape index (κ1) is 15.4. The molecule has 0 amide bonds. The number of rotatable bonds is 3. The molecule has 0 saturated carbocycles. The number of aryl methyl sites for hydroxylation is 2. The maximum absolute atomic E-state index is 12.8. The third-order valence-electron chi connectivity index (χ3n) is 4.06. The van der Waals surface area contributed by atoms with Gasteiger partial charge in [-0.1, -0.05) is 17.7 Å². The number of hydrogen-bond donors (Lipinski definition) is 1. The Labute approximate surface area is 135 Å². The molecule has 1 unspecified atom stereocenters. The fraction of sp³-hybridized carbons (Fsp3) is 0.333. The van der Waals surface area contributed by atoms with Gasteiger partial charge in [0.2, 0.25) is 0 Å². The molecule has 0 bridgehead atoms. The summed E-state index contributed by atoms with van der Waals surface area (Å²) in [6.45, 7) is 8.18. The molecule has 1 aliphatic rings. The molecular formula is C18H22N2OS. The van der Waals surface area contributed by atoms with Crippen molar-refractivity contribution in [3.63, 3.8) is 0 Å². The molecule has 1 aliphatic heterocycles. The molecule has 22 heavy (non-hydrogen) atoms. The summed E-state index contributed by atoms with van der Waals surface area (Å²) in [7, 11) is 0. The van der Waals surface area contributed by atoms with E-state index in [0.717, 1.165) is 41.5 Å². The van der Waals surface area contributed by atoms with Gasteiger partial charge >= 0.3 is 0 Å². The van der Waals surface area contributed by atoms with Crippen LogP contribution in [0, 0.1) is 13.8 Å². The van der Waals surface area contributed by atoms with Gasteiger partial charge in [-0.15, -0.1) is 0 Å². The molecular weight excluding hydrogens is 292 g/mol. The minimum absolute atomic E-state index is 0.867. The van der Waals surface area contributed by atoms with Crippen LogP contribution >= 0.6 is 0 Å². The van der Waals surface area contributed by atoms with Gasteiger partial charge in [-0.2, -0.15) is 0 Å². The van der Waals surface area contributed by atoms with Gasteiger partial charge in [0.25, 0.3) is 0 Å². The van der Waals surface area contributed by atoms with Crippen molar-refractivity contribution in [2.24, 2.45) is 0 Å². The van der Waals surface area contributed by atoms with Gasteiger partial charge in [-0.05, 0) is 44.2 Å². The second kappa shape index (κ2) is 6.73. The number of nitrogens with one attached hydrogen (secondary N) is 1. The number of anilines is 1. The monoisotopic (exact) mass is 314 g/mol. The van der Waals surface area contributed by atoms with Gasteiger partial charge in [-0.25, -0.2) is 0 Å². The molecule has 2 aromatic rings. The van der Waals surface area contributed by atoms with Gasteiger partial charge < -0.3 is 14.8 Å². The highest BCUT2D eigenvalue weighted by Gasteiger charge is 2.18. The molecule has 0 radical (unpaired) electrons. The molecule has 0 spiro atoms. The summed E-state index contributed by atoms with van der Waals surface area (Å²) >= 11 is -1.11. The summed E-state index contributed by atoms with van der Waals surface area (Å²) in [4.78, 5) is 4.13. The zero-order chi connectivity index (χ0) is 15.5. The fourth-order valence-electron chi connectivity index (χ4n) is 2.84. The lowest BCUT2D eigenvalue weighted by Gasteiger charge is -2.29. The van der Waals surface area contributed by atoms with E-state index in [1.54, 1.807) is 0 Å². The van der Waals surface area contributed by atoms with Crippen molar-refractivity contribution in [2.75, 3.05) is 31.1 Å². The van der Waals surface area contributed by atoms with E-state index in [1.807, 2.05) is 31.2 Å². The van der Waals surface area contributed by atoms with Gasteiger partial charge in [0.1, 0.15) is 0 Å². The first-order valence-corrected chi connectivity index (χ1v) is 8.85. The van der Waals surface area contributed by atoms with Gasteiger partial charge in [0.05, 0.1) is 0 Å². The Morgan fingerprint density at radius 1 is 1.00 bits per heavy atom. The highest BCUT2D eigenvalue weighted by atomic mass is 32.2. The predicted octanol–water partition coefficient (Wildman–Crippen LogP) is 2.88. The van der Waals surface area contributed by atoms with E-state index in [0.29, 0.717) is 0 Å². The van der Waals surface area contributed by atoms with Gasteiger partial charge in [-0.3, -0.25) is 0 Å². The normalized spacial score (nSPS) is 16.6. The Kier molecular flexibility index (Phi) is 4.71. The molecule has 1 fully saturated rings. The first-order chi connectivity index (χ1) is 10.6. The van der Waals surface area contributed by atoms with Crippen molar-refractivity contribution in [3.05, 3.63) is 53.6 Å². The summed E-state index contributed by atoms with van der Waals surface area (Å²) in [5.74, 6) is 0. The van der Waals surface area contributed by atoms with E-state index in [9.17, 15) is 4.55 Å². The second-order valence-electron chi connectivity index (χ2n) is 5.77. The summed E-state index contributed by atoms with van der Waals surface area (Å²) in [5.41, 5.74) is 3.50. The van der Waals surface area contributed by atoms with Crippen molar-refractivity contribution in [1.82, 2.24) is 5.32 Å². The Bertz CT molecular complexity index is 636. The van der Waals surface area contributed by atoms with Crippen LogP contribution in [0.5, 0.6) is 0 Å². The minimum atomic E-state index is -1.11. The number of benzene rings is 2. The van der Waals surface area contributed by atoms with Crippen LogP contribution in [0.4, 0.5) is 5.69 Å². The lowest BCUT2D eigenvalue weighted by atomic mass is 10.2. The quantitative estimate of drug-likeness (QED) is 0.885. The zero-order valence-electron chi connectivity index (χ0n) is 13.1. The highest BCUT2D eigenvalue weighted by molar-refractivity contribution is 7.91. The van der Waals surface area contributed by atoms with Gasteiger partial charge in [0.15, 0.2) is 9.79 Å². The smallest absolute Gasteiger partial charge is 0.161 e. The van der Waals surface area contributed by atoms with Crippen LogP contribution in [0.2, 0.25) is 0 Å². The lowest BCUT2D eigenvalue weighted by molar-refractivity contribution is 0.588. The topological polar surface area (TPSA) is 38.3 Å². The molecule has 0 aliphatic carbocycles. The largest absolute Gasteiger partial charge is 0.606 e. The Morgan fingerprint density at radius 2 is 1.68 bits per heavy atom. The van der Waals surface area contributed by atoms with Crippen LogP contribution < -0.4 is 10.2 Å². The fourth-order valence-corrected chi connectivity index (χ4v) is 4.02. The lowest BCUT2D eigenvalue weighted by Crippen LogP contribution is -2.43. The molecule has 116 valence electrons. The maximum atomic E-state index is 12.8. The summed E-state index contributed by atoms with van der Waals surface area (Å²) in [6, 6.07) is 14.2. The van der Waals surface area contributed by atoms with E-state index < -0.39 is 11.2 Å². The van der Waals surface area contributed by atoms with E-state index in [-0.39, 0.29) is 0 Å². The third kappa shape index (κ3) is 3.29. The van der Waals surface area contributed by atoms with E-state index >= 15 is 0 Å². The van der Waals surface area contributed by atoms with Crippen LogP contribution in [0.1, 0.15) is 11.1 Å². The summed E-state index contributed by atoms with van der Waals surface area (Å²) in [6.07, 6.45) is 0. The van der Waals surface area contributed by atoms with Crippen molar-refractivity contribution in [1.29, 1.82) is 0 Å². The Balaban J connectivity index is 1.79. The van der Waals surface area contributed by atoms with Crippen LogP contribution in [0.3, 0.4) is 0 Å². The Morgan fingerprint density at radius 3 is 2.32 bits per heavy atom. The number of piperazine rings is 1. The van der Waals surface area contributed by atoms with Crippen molar-refractivity contribution < 1.29 is 4.55 Å². The molecule has 1 heterocycles. The minimum Gasteiger partial charge on any atom is -0.606 e. The summed E-state index contributed by atoms with van der Waals surface area (Å²) in [5, 5.41) is 3.36. The second-order valence-corrected chi connectivity index (χ2v) is 7.22. The van der Waals surface area contributed by atoms with Crippen LogP contribution in [0.25, 0.3) is 0 Å². The average Bonchev–Trinajstić information content (AvgIpc) is 2.55. The van der Waals surface area contributed by atoms with Crippen molar-refractivity contribution in [3.8, 4) is 0 Å². The Hall–Kier alpha value is -1.49. The van der Waals surface area contributed by atoms with E-state index in [1.165, 1.54) is 11.3 Å². The molecule has 2 aromatic carbocycles.